The number of fused-ring (bicyclic) bond motifs is 1. The van der Waals surface area contributed by atoms with Crippen LogP contribution in [0.2, 0.25) is 0 Å². The van der Waals surface area contributed by atoms with Crippen molar-refractivity contribution in [1.29, 1.82) is 0 Å². The van der Waals surface area contributed by atoms with Gasteiger partial charge in [0.05, 0.1) is 0 Å². The summed E-state index contributed by atoms with van der Waals surface area (Å²) in [5.74, 6) is 2.44. The molecule has 0 spiro atoms. The summed E-state index contributed by atoms with van der Waals surface area (Å²) in [6, 6.07) is 8.62. The van der Waals surface area contributed by atoms with Crippen LogP contribution in [0.4, 0.5) is 0 Å². The molecule has 0 saturated carbocycles. The van der Waals surface area contributed by atoms with E-state index in [9.17, 15) is 0 Å². The van der Waals surface area contributed by atoms with E-state index < -0.39 is 0 Å². The Morgan fingerprint density at radius 1 is 1.00 bits per heavy atom. The molecule has 0 aliphatic heterocycles. The smallest absolute Gasteiger partial charge is 0.134 e. The fourth-order valence-corrected chi connectivity index (χ4v) is 2.29. The molecular weight excluding hydrogens is 208 g/mol. The summed E-state index contributed by atoms with van der Waals surface area (Å²) < 4.78 is 5.90. The molecule has 2 aromatic rings. The van der Waals surface area contributed by atoms with Crippen LogP contribution in [0.1, 0.15) is 39.0 Å². The zero-order chi connectivity index (χ0) is 12.4. The molecule has 0 saturated heterocycles. The van der Waals surface area contributed by atoms with Crippen LogP contribution in [-0.2, 0) is 12.8 Å². The molecule has 17 heavy (non-hydrogen) atoms. The van der Waals surface area contributed by atoms with Gasteiger partial charge >= 0.3 is 0 Å². The van der Waals surface area contributed by atoms with Crippen molar-refractivity contribution >= 4 is 11.0 Å². The highest BCUT2D eigenvalue weighted by Crippen LogP contribution is 2.26. The SMILES string of the molecule is CC(C)Cc1cc2c(CC(C)C)cccc2o1. The Hall–Kier alpha value is -1.24. The average Bonchev–Trinajstić information content (AvgIpc) is 2.59. The van der Waals surface area contributed by atoms with E-state index in [0.29, 0.717) is 11.8 Å². The van der Waals surface area contributed by atoms with Crippen LogP contribution >= 0.6 is 0 Å². The number of furan rings is 1. The maximum atomic E-state index is 5.90. The van der Waals surface area contributed by atoms with Gasteiger partial charge in [0.2, 0.25) is 0 Å². The molecule has 1 aromatic carbocycles. The Balaban J connectivity index is 2.38. The number of benzene rings is 1. The molecule has 0 unspecified atom stereocenters. The van der Waals surface area contributed by atoms with Gasteiger partial charge < -0.3 is 4.42 Å². The highest BCUT2D eigenvalue weighted by Gasteiger charge is 2.09. The van der Waals surface area contributed by atoms with E-state index in [2.05, 4.69) is 52.0 Å². The van der Waals surface area contributed by atoms with Gasteiger partial charge in [0.25, 0.3) is 0 Å². The minimum absolute atomic E-state index is 0.643. The van der Waals surface area contributed by atoms with Gasteiger partial charge in [-0.25, -0.2) is 0 Å². The Morgan fingerprint density at radius 3 is 2.35 bits per heavy atom. The largest absolute Gasteiger partial charge is 0.461 e. The quantitative estimate of drug-likeness (QED) is 0.733. The Labute approximate surface area is 104 Å². The van der Waals surface area contributed by atoms with Gasteiger partial charge in [-0.2, -0.15) is 0 Å². The summed E-state index contributed by atoms with van der Waals surface area (Å²) >= 11 is 0. The van der Waals surface area contributed by atoms with Crippen LogP contribution < -0.4 is 0 Å². The highest BCUT2D eigenvalue weighted by molar-refractivity contribution is 5.81. The molecule has 92 valence electrons. The topological polar surface area (TPSA) is 13.1 Å². The maximum Gasteiger partial charge on any atom is 0.134 e. The minimum atomic E-state index is 0.643. The fraction of sp³-hybridized carbons (Fsp3) is 0.500. The molecular formula is C16H22O. The second kappa shape index (κ2) is 4.95. The van der Waals surface area contributed by atoms with Gasteiger partial charge in [0, 0.05) is 11.8 Å². The van der Waals surface area contributed by atoms with E-state index in [1.807, 2.05) is 0 Å². The second-order valence-corrected chi connectivity index (χ2v) is 5.74. The average molecular weight is 230 g/mol. The number of hydrogen-bond acceptors (Lipinski definition) is 1. The van der Waals surface area contributed by atoms with E-state index in [1.54, 1.807) is 0 Å². The van der Waals surface area contributed by atoms with Crippen molar-refractivity contribution in [2.45, 2.75) is 40.5 Å². The summed E-state index contributed by atoms with van der Waals surface area (Å²) in [7, 11) is 0. The molecule has 0 radical (unpaired) electrons. The van der Waals surface area contributed by atoms with Gasteiger partial charge in [0.15, 0.2) is 0 Å². The second-order valence-electron chi connectivity index (χ2n) is 5.74. The van der Waals surface area contributed by atoms with Crippen LogP contribution in [0.3, 0.4) is 0 Å². The summed E-state index contributed by atoms with van der Waals surface area (Å²) in [4.78, 5) is 0. The number of hydrogen-bond donors (Lipinski definition) is 0. The summed E-state index contributed by atoms with van der Waals surface area (Å²) in [5, 5.41) is 1.30. The first-order chi connectivity index (χ1) is 8.06. The Morgan fingerprint density at radius 2 is 1.71 bits per heavy atom. The van der Waals surface area contributed by atoms with Gasteiger partial charge in [0.1, 0.15) is 11.3 Å². The monoisotopic (exact) mass is 230 g/mol. The fourth-order valence-electron chi connectivity index (χ4n) is 2.29. The van der Waals surface area contributed by atoms with E-state index in [0.717, 1.165) is 24.2 Å². The zero-order valence-corrected chi connectivity index (χ0v) is 11.3. The lowest BCUT2D eigenvalue weighted by molar-refractivity contribution is 0.500. The van der Waals surface area contributed by atoms with Crippen LogP contribution in [-0.4, -0.2) is 0 Å². The van der Waals surface area contributed by atoms with Crippen LogP contribution in [0.15, 0.2) is 28.7 Å². The summed E-state index contributed by atoms with van der Waals surface area (Å²) in [5.41, 5.74) is 2.45. The molecule has 0 fully saturated rings. The van der Waals surface area contributed by atoms with E-state index in [4.69, 9.17) is 4.42 Å². The van der Waals surface area contributed by atoms with Crippen LogP contribution in [0.5, 0.6) is 0 Å². The lowest BCUT2D eigenvalue weighted by Crippen LogP contribution is -1.94. The molecule has 0 atom stereocenters. The third kappa shape index (κ3) is 2.91. The molecule has 1 nitrogen and oxygen atoms in total. The molecule has 0 N–H and O–H groups in total. The van der Waals surface area contributed by atoms with Crippen molar-refractivity contribution in [2.75, 3.05) is 0 Å². The maximum absolute atomic E-state index is 5.90. The third-order valence-corrected chi connectivity index (χ3v) is 2.94. The van der Waals surface area contributed by atoms with Crippen molar-refractivity contribution in [3.8, 4) is 0 Å². The first kappa shape index (κ1) is 12.2. The first-order valence-electron chi connectivity index (χ1n) is 6.56. The molecule has 2 rings (SSSR count). The summed E-state index contributed by atoms with van der Waals surface area (Å²) in [6.07, 6.45) is 2.15. The standard InChI is InChI=1S/C16H22O/c1-11(2)8-13-6-5-7-16-15(13)10-14(17-16)9-12(3)4/h5-7,10-12H,8-9H2,1-4H3. The first-order valence-corrected chi connectivity index (χ1v) is 6.56. The van der Waals surface area contributed by atoms with Crippen molar-refractivity contribution in [2.24, 2.45) is 11.8 Å². The predicted octanol–water partition coefficient (Wildman–Crippen LogP) is 4.83. The van der Waals surface area contributed by atoms with Gasteiger partial charge in [-0.15, -0.1) is 0 Å². The molecule has 0 bridgehead atoms. The third-order valence-electron chi connectivity index (χ3n) is 2.94. The lowest BCUT2D eigenvalue weighted by atomic mass is 9.99. The van der Waals surface area contributed by atoms with Gasteiger partial charge in [-0.1, -0.05) is 39.8 Å². The van der Waals surface area contributed by atoms with Crippen LogP contribution in [0.25, 0.3) is 11.0 Å². The molecule has 0 amide bonds. The Bertz CT molecular complexity index is 491. The molecule has 1 aromatic heterocycles. The van der Waals surface area contributed by atoms with E-state index >= 15 is 0 Å². The Kier molecular flexibility index (Phi) is 3.56. The minimum Gasteiger partial charge on any atom is -0.461 e. The van der Waals surface area contributed by atoms with Gasteiger partial charge in [-0.05, 0) is 36.0 Å². The molecule has 0 aliphatic rings. The normalized spacial score (nSPS) is 11.9. The molecule has 1 heteroatoms. The highest BCUT2D eigenvalue weighted by atomic mass is 16.3. The van der Waals surface area contributed by atoms with Gasteiger partial charge in [-0.3, -0.25) is 0 Å². The van der Waals surface area contributed by atoms with Crippen molar-refractivity contribution < 1.29 is 4.42 Å². The summed E-state index contributed by atoms with van der Waals surface area (Å²) in [6.45, 7) is 8.96. The van der Waals surface area contributed by atoms with Crippen molar-refractivity contribution in [1.82, 2.24) is 0 Å². The van der Waals surface area contributed by atoms with E-state index in [-0.39, 0.29) is 0 Å². The zero-order valence-electron chi connectivity index (χ0n) is 11.3. The van der Waals surface area contributed by atoms with Crippen molar-refractivity contribution in [3.05, 3.63) is 35.6 Å². The number of rotatable bonds is 4. The molecule has 0 aliphatic carbocycles. The lowest BCUT2D eigenvalue weighted by Gasteiger charge is -2.05. The molecule has 1 heterocycles. The van der Waals surface area contributed by atoms with Crippen molar-refractivity contribution in [3.63, 3.8) is 0 Å². The van der Waals surface area contributed by atoms with Crippen LogP contribution in [0, 0.1) is 11.8 Å². The van der Waals surface area contributed by atoms with E-state index in [1.165, 1.54) is 10.9 Å². The predicted molar refractivity (Wildman–Crippen MR) is 73.3 cm³/mol.